The van der Waals surface area contributed by atoms with Gasteiger partial charge in [-0.1, -0.05) is 0 Å². The van der Waals surface area contributed by atoms with Gasteiger partial charge in [0.1, 0.15) is 4.21 Å². The van der Waals surface area contributed by atoms with Crippen LogP contribution in [-0.2, 0) is 10.0 Å². The second kappa shape index (κ2) is 5.77. The third-order valence-corrected chi connectivity index (χ3v) is 5.60. The number of nitrogens with one attached hydrogen (secondary N) is 1. The van der Waals surface area contributed by atoms with E-state index in [9.17, 15) is 8.42 Å². The minimum atomic E-state index is -3.27. The van der Waals surface area contributed by atoms with Gasteiger partial charge in [-0.3, -0.25) is 0 Å². The lowest BCUT2D eigenvalue weighted by Gasteiger charge is -2.15. The molecule has 0 fully saturated rings. The van der Waals surface area contributed by atoms with Crippen molar-refractivity contribution in [1.29, 1.82) is 0 Å². The largest absolute Gasteiger partial charge is 0.320 e. The second-order valence-corrected chi connectivity index (χ2v) is 7.21. The van der Waals surface area contributed by atoms with Gasteiger partial charge in [-0.05, 0) is 39.1 Å². The molecule has 1 aromatic heterocycles. The van der Waals surface area contributed by atoms with Gasteiger partial charge in [-0.2, -0.15) is 0 Å². The monoisotopic (exact) mass is 262 g/mol. The highest BCUT2D eigenvalue weighted by Crippen LogP contribution is 2.23. The van der Waals surface area contributed by atoms with Crippen LogP contribution in [0.15, 0.2) is 16.3 Å². The molecule has 1 heterocycles. The van der Waals surface area contributed by atoms with Crippen LogP contribution in [0.4, 0.5) is 0 Å². The maximum absolute atomic E-state index is 12.1. The van der Waals surface area contributed by atoms with Crippen LogP contribution in [-0.4, -0.2) is 39.9 Å². The maximum atomic E-state index is 12.1. The molecule has 0 unspecified atom stereocenters. The standard InChI is InChI=1S/C10H18N2O2S2/c1-9-5-6-10(15-9)16(13,14)12(3)8-4-7-11-2/h5-6,11H,4,7-8H2,1-3H3. The number of aryl methyl sites for hydroxylation is 1. The first-order valence-corrected chi connectivity index (χ1v) is 7.41. The minimum Gasteiger partial charge on any atom is -0.320 e. The van der Waals surface area contributed by atoms with E-state index in [0.717, 1.165) is 17.8 Å². The van der Waals surface area contributed by atoms with Crippen molar-refractivity contribution in [1.82, 2.24) is 9.62 Å². The Labute approximate surface area is 101 Å². The van der Waals surface area contributed by atoms with Crippen molar-refractivity contribution in [2.75, 3.05) is 27.2 Å². The Morgan fingerprint density at radius 1 is 1.44 bits per heavy atom. The van der Waals surface area contributed by atoms with Crippen molar-refractivity contribution in [2.45, 2.75) is 17.6 Å². The maximum Gasteiger partial charge on any atom is 0.252 e. The molecule has 4 nitrogen and oxygen atoms in total. The highest BCUT2D eigenvalue weighted by molar-refractivity contribution is 7.91. The molecule has 0 radical (unpaired) electrons. The molecule has 1 aromatic rings. The smallest absolute Gasteiger partial charge is 0.252 e. The van der Waals surface area contributed by atoms with Gasteiger partial charge < -0.3 is 5.32 Å². The van der Waals surface area contributed by atoms with Crippen molar-refractivity contribution in [2.24, 2.45) is 0 Å². The van der Waals surface area contributed by atoms with Crippen molar-refractivity contribution >= 4 is 21.4 Å². The fraction of sp³-hybridized carbons (Fsp3) is 0.600. The Kier molecular flexibility index (Phi) is 4.91. The molecule has 0 aromatic carbocycles. The summed E-state index contributed by atoms with van der Waals surface area (Å²) in [7, 11) is 0.209. The van der Waals surface area contributed by atoms with Gasteiger partial charge in [0.2, 0.25) is 0 Å². The van der Waals surface area contributed by atoms with E-state index in [1.165, 1.54) is 15.6 Å². The van der Waals surface area contributed by atoms with Gasteiger partial charge in [0.25, 0.3) is 10.0 Å². The number of hydrogen-bond acceptors (Lipinski definition) is 4. The van der Waals surface area contributed by atoms with E-state index in [-0.39, 0.29) is 0 Å². The van der Waals surface area contributed by atoms with Crippen LogP contribution < -0.4 is 5.32 Å². The fourth-order valence-corrected chi connectivity index (χ4v) is 4.01. The van der Waals surface area contributed by atoms with Crippen molar-refractivity contribution < 1.29 is 8.42 Å². The van der Waals surface area contributed by atoms with Crippen molar-refractivity contribution in [3.8, 4) is 0 Å². The van der Waals surface area contributed by atoms with Crippen LogP contribution in [0.3, 0.4) is 0 Å². The summed E-state index contributed by atoms with van der Waals surface area (Å²) in [5.41, 5.74) is 0. The predicted octanol–water partition coefficient (Wildman–Crippen LogP) is 1.29. The topological polar surface area (TPSA) is 49.4 Å². The number of thiophene rings is 1. The van der Waals surface area contributed by atoms with E-state index in [1.54, 1.807) is 13.1 Å². The first kappa shape index (κ1) is 13.6. The zero-order chi connectivity index (χ0) is 12.2. The summed E-state index contributed by atoms with van der Waals surface area (Å²) in [6.45, 7) is 3.27. The molecule has 1 N–H and O–H groups in total. The molecular formula is C10H18N2O2S2. The van der Waals surface area contributed by atoms with Crippen LogP contribution in [0.2, 0.25) is 0 Å². The average molecular weight is 262 g/mol. The van der Waals surface area contributed by atoms with Gasteiger partial charge >= 0.3 is 0 Å². The number of sulfonamides is 1. The van der Waals surface area contributed by atoms with Gasteiger partial charge in [-0.15, -0.1) is 11.3 Å². The normalized spacial score (nSPS) is 12.2. The molecule has 16 heavy (non-hydrogen) atoms. The Bertz CT molecular complexity index is 426. The second-order valence-electron chi connectivity index (χ2n) is 3.65. The zero-order valence-electron chi connectivity index (χ0n) is 9.86. The van der Waals surface area contributed by atoms with Gasteiger partial charge in [0.15, 0.2) is 0 Å². The first-order valence-electron chi connectivity index (χ1n) is 5.16. The highest BCUT2D eigenvalue weighted by atomic mass is 32.2. The third kappa shape index (κ3) is 3.28. The van der Waals surface area contributed by atoms with E-state index >= 15 is 0 Å². The molecule has 92 valence electrons. The molecule has 6 heteroatoms. The minimum absolute atomic E-state index is 0.428. The van der Waals surface area contributed by atoms with Crippen LogP contribution in [0, 0.1) is 6.92 Å². The van der Waals surface area contributed by atoms with E-state index in [0.29, 0.717) is 10.8 Å². The van der Waals surface area contributed by atoms with E-state index < -0.39 is 10.0 Å². The van der Waals surface area contributed by atoms with Gasteiger partial charge in [0.05, 0.1) is 0 Å². The van der Waals surface area contributed by atoms with Crippen LogP contribution in [0.5, 0.6) is 0 Å². The molecule has 0 aliphatic heterocycles. The summed E-state index contributed by atoms with van der Waals surface area (Å²) >= 11 is 1.32. The lowest BCUT2D eigenvalue weighted by molar-refractivity contribution is 0.459. The summed E-state index contributed by atoms with van der Waals surface area (Å²) in [5.74, 6) is 0. The van der Waals surface area contributed by atoms with Crippen LogP contribution in [0.1, 0.15) is 11.3 Å². The zero-order valence-corrected chi connectivity index (χ0v) is 11.5. The molecule has 0 atom stereocenters. The lowest BCUT2D eigenvalue weighted by atomic mass is 10.4. The van der Waals surface area contributed by atoms with Crippen molar-refractivity contribution in [3.63, 3.8) is 0 Å². The van der Waals surface area contributed by atoms with Crippen LogP contribution >= 0.6 is 11.3 Å². The molecule has 0 aliphatic carbocycles. The van der Waals surface area contributed by atoms with Crippen LogP contribution in [0.25, 0.3) is 0 Å². The molecule has 0 amide bonds. The summed E-state index contributed by atoms with van der Waals surface area (Å²) in [5, 5.41) is 3.00. The van der Waals surface area contributed by atoms with E-state index in [1.807, 2.05) is 20.0 Å². The Morgan fingerprint density at radius 2 is 2.12 bits per heavy atom. The summed E-state index contributed by atoms with van der Waals surface area (Å²) in [4.78, 5) is 1.02. The number of hydrogen-bond donors (Lipinski definition) is 1. The summed E-state index contributed by atoms with van der Waals surface area (Å²) < 4.78 is 26.0. The Hall–Kier alpha value is -0.430. The third-order valence-electron chi connectivity index (χ3n) is 2.28. The molecule has 0 saturated heterocycles. The lowest BCUT2D eigenvalue weighted by Crippen LogP contribution is -2.29. The van der Waals surface area contributed by atoms with Crippen molar-refractivity contribution in [3.05, 3.63) is 17.0 Å². The number of rotatable bonds is 6. The molecule has 0 saturated carbocycles. The molecule has 0 bridgehead atoms. The summed E-state index contributed by atoms with van der Waals surface area (Å²) in [6, 6.07) is 3.50. The quantitative estimate of drug-likeness (QED) is 0.786. The van der Waals surface area contributed by atoms with Gasteiger partial charge in [0, 0.05) is 18.5 Å². The molecule has 1 rings (SSSR count). The predicted molar refractivity (Wildman–Crippen MR) is 67.4 cm³/mol. The Morgan fingerprint density at radius 3 is 2.62 bits per heavy atom. The van der Waals surface area contributed by atoms with E-state index in [2.05, 4.69) is 5.32 Å². The highest BCUT2D eigenvalue weighted by Gasteiger charge is 2.21. The fourth-order valence-electron chi connectivity index (χ4n) is 1.30. The van der Waals surface area contributed by atoms with Gasteiger partial charge in [-0.25, -0.2) is 12.7 Å². The Balaban J connectivity index is 2.70. The number of nitrogens with zero attached hydrogens (tertiary/aromatic N) is 1. The average Bonchev–Trinajstić information content (AvgIpc) is 2.65. The van der Waals surface area contributed by atoms with E-state index in [4.69, 9.17) is 0 Å². The first-order chi connectivity index (χ1) is 7.48. The summed E-state index contributed by atoms with van der Waals surface area (Å²) in [6.07, 6.45) is 0.816. The molecular weight excluding hydrogens is 244 g/mol. The molecule has 0 spiro atoms. The molecule has 0 aliphatic rings. The SMILES string of the molecule is CNCCCN(C)S(=O)(=O)c1ccc(C)s1.